The van der Waals surface area contributed by atoms with Crippen molar-refractivity contribution < 1.29 is 38.6 Å². The van der Waals surface area contributed by atoms with Gasteiger partial charge in [0.25, 0.3) is 6.47 Å². The summed E-state index contributed by atoms with van der Waals surface area (Å²) in [5.41, 5.74) is -0.340. The number of carbonyl (C=O) groups is 3. The summed E-state index contributed by atoms with van der Waals surface area (Å²) in [6, 6.07) is 3.61. The molecule has 0 aliphatic heterocycles. The van der Waals surface area contributed by atoms with Crippen molar-refractivity contribution in [3.8, 4) is 6.07 Å². The van der Waals surface area contributed by atoms with E-state index in [4.69, 9.17) is 71.9 Å². The number of nitrogens with zero attached hydrogens (tertiary/aromatic N) is 1. The van der Waals surface area contributed by atoms with E-state index in [9.17, 15) is 18.4 Å². The van der Waals surface area contributed by atoms with Gasteiger partial charge in [0.15, 0.2) is 6.29 Å². The van der Waals surface area contributed by atoms with Crippen LogP contribution in [-0.4, -0.2) is 34.1 Å². The summed E-state index contributed by atoms with van der Waals surface area (Å²) >= 11 is 22.1. The van der Waals surface area contributed by atoms with Gasteiger partial charge < -0.3 is 15.4 Å². The fraction of sp³-hybridized carbons (Fsp3) is 0.0588. The largest absolute Gasteiger partial charge is 0.483 e. The number of halogens is 6. The molecule has 168 valence electrons. The van der Waals surface area contributed by atoms with Gasteiger partial charge in [0.05, 0.1) is 36.8 Å². The van der Waals surface area contributed by atoms with Crippen LogP contribution in [0.25, 0.3) is 0 Å². The summed E-state index contributed by atoms with van der Waals surface area (Å²) in [6.07, 6.45) is 0.209. The Kier molecular flexibility index (Phi) is 15.1. The number of carboxylic acids is 1. The van der Waals surface area contributed by atoms with Crippen molar-refractivity contribution in [1.29, 1.82) is 5.26 Å². The average Bonchev–Trinajstić information content (AvgIpc) is 2.72. The molecule has 14 heteroatoms. The first-order valence-corrected chi connectivity index (χ1v) is 8.73. The molecule has 2 aromatic carbocycles. The molecule has 0 aliphatic rings. The Morgan fingerprint density at radius 3 is 1.87 bits per heavy atom. The number of aromatic carboxylic acids is 1. The minimum Gasteiger partial charge on any atom is -0.483 e. The van der Waals surface area contributed by atoms with E-state index in [1.165, 1.54) is 6.07 Å². The van der Waals surface area contributed by atoms with Crippen molar-refractivity contribution in [3.05, 3.63) is 66.1 Å². The maximum atomic E-state index is 13.0. The van der Waals surface area contributed by atoms with Crippen LogP contribution in [-0.2, 0) is 4.79 Å². The van der Waals surface area contributed by atoms with Crippen molar-refractivity contribution in [2.24, 2.45) is 5.90 Å². The number of carbonyl (C=O) groups excluding carboxylic acids is 1. The SMILES string of the molecule is Cc1cc(F)c(Cl)c(C#N)c1Cl.NO.O=CO.O=Cc1c(Cl)c(F)cc(C(=O)O)c1Cl. The van der Waals surface area contributed by atoms with Crippen LogP contribution in [0.15, 0.2) is 12.1 Å². The molecule has 31 heavy (non-hydrogen) atoms. The van der Waals surface area contributed by atoms with Gasteiger partial charge in [-0.15, -0.1) is 0 Å². The molecule has 0 aromatic heterocycles. The first-order valence-electron chi connectivity index (χ1n) is 7.22. The van der Waals surface area contributed by atoms with Gasteiger partial charge in [-0.3, -0.25) is 9.59 Å². The van der Waals surface area contributed by atoms with Crippen molar-refractivity contribution in [3.63, 3.8) is 0 Å². The lowest BCUT2D eigenvalue weighted by atomic mass is 10.1. The number of nitrogens with two attached hydrogens (primary N) is 1. The van der Waals surface area contributed by atoms with Gasteiger partial charge in [0.2, 0.25) is 0 Å². The maximum absolute atomic E-state index is 13.0. The summed E-state index contributed by atoms with van der Waals surface area (Å²) in [7, 11) is 0. The van der Waals surface area contributed by atoms with Crippen molar-refractivity contribution in [2.75, 3.05) is 0 Å². The van der Waals surface area contributed by atoms with Crippen molar-refractivity contribution >= 4 is 65.1 Å². The van der Waals surface area contributed by atoms with Crippen LogP contribution in [0.5, 0.6) is 0 Å². The van der Waals surface area contributed by atoms with Crippen LogP contribution in [0.1, 0.15) is 31.8 Å². The molecule has 0 bridgehead atoms. The van der Waals surface area contributed by atoms with E-state index in [0.717, 1.165) is 0 Å². The number of aldehydes is 1. The number of hydrogen-bond acceptors (Lipinski definition) is 6. The highest BCUT2D eigenvalue weighted by Crippen LogP contribution is 2.30. The molecule has 0 saturated heterocycles. The van der Waals surface area contributed by atoms with Crippen molar-refractivity contribution in [1.82, 2.24) is 0 Å². The van der Waals surface area contributed by atoms with E-state index in [-0.39, 0.29) is 39.0 Å². The maximum Gasteiger partial charge on any atom is 0.337 e. The number of benzene rings is 2. The minimum absolute atomic E-state index is 0.00386. The Morgan fingerprint density at radius 2 is 1.48 bits per heavy atom. The smallest absolute Gasteiger partial charge is 0.337 e. The molecule has 0 radical (unpaired) electrons. The van der Waals surface area contributed by atoms with Gasteiger partial charge in [-0.1, -0.05) is 46.4 Å². The van der Waals surface area contributed by atoms with Crippen LogP contribution in [0.3, 0.4) is 0 Å². The highest BCUT2D eigenvalue weighted by molar-refractivity contribution is 6.40. The quantitative estimate of drug-likeness (QED) is 0.245. The molecular weight excluding hydrogens is 508 g/mol. The molecule has 2 aromatic rings. The third-order valence-electron chi connectivity index (χ3n) is 2.99. The Hall–Kier alpha value is -2.52. The molecule has 0 aliphatic carbocycles. The Bertz CT molecular complexity index is 974. The van der Waals surface area contributed by atoms with E-state index in [2.05, 4.69) is 5.90 Å². The Balaban J connectivity index is 0. The number of rotatable bonds is 2. The second-order valence-corrected chi connectivity index (χ2v) is 6.28. The fourth-order valence-electron chi connectivity index (χ4n) is 1.71. The predicted molar refractivity (Wildman–Crippen MR) is 109 cm³/mol. The topological polar surface area (TPSA) is 162 Å². The summed E-state index contributed by atoms with van der Waals surface area (Å²) in [5, 5.41) is 29.7. The van der Waals surface area contributed by atoms with E-state index in [1.54, 1.807) is 13.0 Å². The van der Waals surface area contributed by atoms with Gasteiger partial charge >= 0.3 is 5.97 Å². The van der Waals surface area contributed by atoms with E-state index in [1.807, 2.05) is 0 Å². The fourth-order valence-corrected chi connectivity index (χ4v) is 2.66. The second kappa shape index (κ2) is 15.3. The Morgan fingerprint density at radius 1 is 1.03 bits per heavy atom. The molecule has 5 N–H and O–H groups in total. The van der Waals surface area contributed by atoms with Crippen LogP contribution < -0.4 is 5.90 Å². The molecule has 0 fully saturated rings. The zero-order valence-electron chi connectivity index (χ0n) is 15.2. The first-order chi connectivity index (χ1) is 14.5. The lowest BCUT2D eigenvalue weighted by Gasteiger charge is -2.04. The third-order valence-corrected chi connectivity index (χ3v) is 4.64. The normalized spacial score (nSPS) is 8.77. The number of aryl methyl sites for hydroxylation is 1. The molecule has 0 unspecified atom stereocenters. The Labute approximate surface area is 193 Å². The zero-order chi connectivity index (χ0) is 24.9. The minimum atomic E-state index is -1.42. The molecule has 8 nitrogen and oxygen atoms in total. The molecule has 0 heterocycles. The molecule has 0 amide bonds. The second-order valence-electron chi connectivity index (χ2n) is 4.77. The van der Waals surface area contributed by atoms with E-state index >= 15 is 0 Å². The van der Waals surface area contributed by atoms with Gasteiger partial charge in [-0.25, -0.2) is 19.5 Å². The van der Waals surface area contributed by atoms with Gasteiger partial charge in [-0.05, 0) is 24.6 Å². The molecule has 0 spiro atoms. The third kappa shape index (κ3) is 8.63. The van der Waals surface area contributed by atoms with E-state index < -0.39 is 28.2 Å². The van der Waals surface area contributed by atoms with Gasteiger partial charge in [0.1, 0.15) is 17.7 Å². The molecule has 2 rings (SSSR count). The lowest BCUT2D eigenvalue weighted by molar-refractivity contribution is -0.122. The highest BCUT2D eigenvalue weighted by Gasteiger charge is 2.19. The van der Waals surface area contributed by atoms with Crippen LogP contribution in [0.4, 0.5) is 8.78 Å². The highest BCUT2D eigenvalue weighted by atomic mass is 35.5. The molecular formula is C17H12Cl4F2N2O6. The number of hydrogen-bond donors (Lipinski definition) is 4. The molecule has 0 saturated carbocycles. The lowest BCUT2D eigenvalue weighted by Crippen LogP contribution is -2.02. The summed E-state index contributed by atoms with van der Waals surface area (Å²) < 4.78 is 25.8. The van der Waals surface area contributed by atoms with Crippen molar-refractivity contribution in [2.45, 2.75) is 6.92 Å². The van der Waals surface area contributed by atoms with Crippen LogP contribution >= 0.6 is 46.4 Å². The first kappa shape index (κ1) is 30.7. The monoisotopic (exact) mass is 518 g/mol. The van der Waals surface area contributed by atoms with E-state index in [0.29, 0.717) is 11.6 Å². The average molecular weight is 520 g/mol. The zero-order valence-corrected chi connectivity index (χ0v) is 18.2. The van der Waals surface area contributed by atoms with Crippen LogP contribution in [0.2, 0.25) is 20.1 Å². The summed E-state index contributed by atoms with van der Waals surface area (Å²) in [5.74, 6) is 0.472. The standard InChI is InChI=1S/C8H4Cl2FN.C8H3Cl2FO3.CH2O2.H3NO/c1-4-2-6(11)8(10)5(3-12)7(4)9;9-6-3(8(13)14)1-5(11)7(10)4(6)2-12;2-1-3;1-2/h2H,1H3;1-2H,(H,13,14);1H,(H,2,3);2H,1H2. The number of carboxylic acid groups (broad SMARTS) is 2. The van der Waals surface area contributed by atoms with Gasteiger partial charge in [-0.2, -0.15) is 5.26 Å². The predicted octanol–water partition coefficient (Wildman–Crippen LogP) is 4.99. The van der Waals surface area contributed by atoms with Gasteiger partial charge in [0, 0.05) is 0 Å². The van der Waals surface area contributed by atoms with Crippen LogP contribution in [0, 0.1) is 29.9 Å². The molecule has 0 atom stereocenters. The summed E-state index contributed by atoms with van der Waals surface area (Å²) in [4.78, 5) is 29.4. The number of nitriles is 1. The summed E-state index contributed by atoms with van der Waals surface area (Å²) in [6.45, 7) is 1.36.